The predicted octanol–water partition coefficient (Wildman–Crippen LogP) is 2.83. The number of hydrogen-bond acceptors (Lipinski definition) is 4. The third-order valence-electron chi connectivity index (χ3n) is 3.60. The molecule has 0 atom stereocenters. The first kappa shape index (κ1) is 22.9. The number of nitrogens with one attached hydrogen (secondary N) is 2. The molecule has 9 heteroatoms. The second-order valence-corrected chi connectivity index (χ2v) is 8.39. The Balaban J connectivity index is 0.00000338. The summed E-state index contributed by atoms with van der Waals surface area (Å²) in [6.45, 7) is 5.95. The molecule has 0 aliphatic heterocycles. The third kappa shape index (κ3) is 6.86. The number of benzene rings is 1. The van der Waals surface area contributed by atoms with Crippen LogP contribution >= 0.6 is 35.3 Å². The van der Waals surface area contributed by atoms with E-state index in [4.69, 9.17) is 5.14 Å². The Hall–Kier alpha value is -1.17. The zero-order valence-electron chi connectivity index (χ0n) is 14.9. The molecule has 0 bridgehead atoms. The Morgan fingerprint density at radius 2 is 1.81 bits per heavy atom. The highest BCUT2D eigenvalue weighted by atomic mass is 127. The number of halogens is 1. The number of thiophene rings is 1. The smallest absolute Gasteiger partial charge is 0.247 e. The molecular formula is C17H25IN4O2S2. The summed E-state index contributed by atoms with van der Waals surface area (Å²) in [5.41, 5.74) is 2.49. The van der Waals surface area contributed by atoms with Crippen molar-refractivity contribution in [3.05, 3.63) is 52.4 Å². The molecule has 4 N–H and O–H groups in total. The number of primary sulfonamides is 1. The molecule has 6 nitrogen and oxygen atoms in total. The molecule has 2 aromatic rings. The number of nitrogens with two attached hydrogens (primary N) is 1. The Bertz CT molecular complexity index is 835. The van der Waals surface area contributed by atoms with Gasteiger partial charge < -0.3 is 10.6 Å². The molecule has 144 valence electrons. The largest absolute Gasteiger partial charge is 0.357 e. The maximum Gasteiger partial charge on any atom is 0.247 e. The Morgan fingerprint density at radius 1 is 1.12 bits per heavy atom. The third-order valence-corrected chi connectivity index (χ3v) is 6.12. The van der Waals surface area contributed by atoms with Gasteiger partial charge in [-0.05, 0) is 36.6 Å². The summed E-state index contributed by atoms with van der Waals surface area (Å²) in [6, 6.07) is 11.5. The summed E-state index contributed by atoms with van der Waals surface area (Å²) in [5, 5.41) is 11.6. The molecule has 0 saturated carbocycles. The van der Waals surface area contributed by atoms with Crippen LogP contribution in [0.5, 0.6) is 0 Å². The molecule has 0 aliphatic rings. The fraction of sp³-hybridized carbons (Fsp3) is 0.353. The van der Waals surface area contributed by atoms with Crippen LogP contribution in [0.2, 0.25) is 0 Å². The molecular weight excluding hydrogens is 483 g/mol. The first-order chi connectivity index (χ1) is 11.9. The normalized spacial score (nSPS) is 11.7. The molecule has 26 heavy (non-hydrogen) atoms. The molecule has 0 saturated heterocycles. The molecule has 1 heterocycles. The summed E-state index contributed by atoms with van der Waals surface area (Å²) < 4.78 is 22.8. The minimum Gasteiger partial charge on any atom is -0.357 e. The van der Waals surface area contributed by atoms with Gasteiger partial charge >= 0.3 is 0 Å². The summed E-state index contributed by atoms with van der Waals surface area (Å²) in [4.78, 5) is 5.50. The number of aryl methyl sites for hydroxylation is 1. The Morgan fingerprint density at radius 3 is 2.38 bits per heavy atom. The van der Waals surface area contributed by atoms with E-state index < -0.39 is 10.0 Å². The SMILES string of the molecule is CCNC(=NCc1ccccc1CC)NCc1ccc(S(N)(=O)=O)s1.I. The fourth-order valence-electron chi connectivity index (χ4n) is 2.34. The van der Waals surface area contributed by atoms with Crippen LogP contribution < -0.4 is 15.8 Å². The van der Waals surface area contributed by atoms with E-state index in [1.165, 1.54) is 17.2 Å². The van der Waals surface area contributed by atoms with Gasteiger partial charge in [0.1, 0.15) is 4.21 Å². The quantitative estimate of drug-likeness (QED) is 0.305. The molecule has 0 amide bonds. The summed E-state index contributed by atoms with van der Waals surface area (Å²) in [5.74, 6) is 0.693. The molecule has 0 unspecified atom stereocenters. The number of guanidine groups is 1. The predicted molar refractivity (Wildman–Crippen MR) is 119 cm³/mol. The second kappa shape index (κ2) is 10.9. The number of rotatable bonds is 7. The maximum atomic E-state index is 11.3. The Labute approximate surface area is 176 Å². The average molecular weight is 508 g/mol. The highest BCUT2D eigenvalue weighted by Crippen LogP contribution is 2.20. The lowest BCUT2D eigenvalue weighted by Gasteiger charge is -2.11. The summed E-state index contributed by atoms with van der Waals surface area (Å²) in [7, 11) is -3.64. The molecule has 1 aromatic carbocycles. The minimum atomic E-state index is -3.64. The molecule has 0 aliphatic carbocycles. The van der Waals surface area contributed by atoms with E-state index in [0.717, 1.165) is 29.2 Å². The minimum absolute atomic E-state index is 0. The number of nitrogens with zero attached hydrogens (tertiary/aromatic N) is 1. The zero-order valence-corrected chi connectivity index (χ0v) is 18.8. The van der Waals surface area contributed by atoms with Crippen molar-refractivity contribution in [3.8, 4) is 0 Å². The van der Waals surface area contributed by atoms with E-state index >= 15 is 0 Å². The molecule has 2 rings (SSSR count). The van der Waals surface area contributed by atoms with Crippen LogP contribution in [0.4, 0.5) is 0 Å². The first-order valence-electron chi connectivity index (χ1n) is 8.14. The highest BCUT2D eigenvalue weighted by molar-refractivity contribution is 14.0. The molecule has 1 aromatic heterocycles. The van der Waals surface area contributed by atoms with Gasteiger partial charge in [-0.15, -0.1) is 35.3 Å². The van der Waals surface area contributed by atoms with E-state index in [1.807, 2.05) is 19.1 Å². The van der Waals surface area contributed by atoms with Crippen LogP contribution in [-0.4, -0.2) is 20.9 Å². The number of sulfonamides is 1. The van der Waals surface area contributed by atoms with Crippen molar-refractivity contribution in [1.29, 1.82) is 0 Å². The van der Waals surface area contributed by atoms with Gasteiger partial charge in [-0.3, -0.25) is 0 Å². The second-order valence-electron chi connectivity index (χ2n) is 5.44. The van der Waals surface area contributed by atoms with E-state index in [2.05, 4.69) is 34.7 Å². The maximum absolute atomic E-state index is 11.3. The van der Waals surface area contributed by atoms with Gasteiger partial charge in [-0.1, -0.05) is 31.2 Å². The average Bonchev–Trinajstić information content (AvgIpc) is 3.07. The van der Waals surface area contributed by atoms with Gasteiger partial charge in [0.2, 0.25) is 10.0 Å². The lowest BCUT2D eigenvalue weighted by atomic mass is 10.1. The van der Waals surface area contributed by atoms with Crippen LogP contribution in [-0.2, 0) is 29.5 Å². The van der Waals surface area contributed by atoms with E-state index in [9.17, 15) is 8.42 Å². The van der Waals surface area contributed by atoms with Crippen LogP contribution in [0.25, 0.3) is 0 Å². The van der Waals surface area contributed by atoms with E-state index in [-0.39, 0.29) is 28.2 Å². The van der Waals surface area contributed by atoms with Crippen LogP contribution in [0.1, 0.15) is 29.9 Å². The molecule has 0 radical (unpaired) electrons. The van der Waals surface area contributed by atoms with Gasteiger partial charge in [-0.25, -0.2) is 18.5 Å². The van der Waals surface area contributed by atoms with Gasteiger partial charge in [0, 0.05) is 11.4 Å². The van der Waals surface area contributed by atoms with Crippen molar-refractivity contribution < 1.29 is 8.42 Å². The van der Waals surface area contributed by atoms with Crippen molar-refractivity contribution in [2.45, 2.75) is 37.6 Å². The number of aliphatic imine (C=N–C) groups is 1. The highest BCUT2D eigenvalue weighted by Gasteiger charge is 2.11. The van der Waals surface area contributed by atoms with Crippen molar-refractivity contribution in [1.82, 2.24) is 10.6 Å². The fourth-order valence-corrected chi connectivity index (χ4v) is 4.06. The van der Waals surface area contributed by atoms with Crippen molar-refractivity contribution in [2.75, 3.05) is 6.54 Å². The molecule has 0 spiro atoms. The summed E-state index contributed by atoms with van der Waals surface area (Å²) >= 11 is 1.16. The van der Waals surface area contributed by atoms with Crippen LogP contribution in [0, 0.1) is 0 Å². The first-order valence-corrected chi connectivity index (χ1v) is 10.5. The van der Waals surface area contributed by atoms with Gasteiger partial charge in [0.15, 0.2) is 5.96 Å². The summed E-state index contributed by atoms with van der Waals surface area (Å²) in [6.07, 6.45) is 0.973. The lowest BCUT2D eigenvalue weighted by Crippen LogP contribution is -2.36. The van der Waals surface area contributed by atoms with Crippen LogP contribution in [0.3, 0.4) is 0 Å². The van der Waals surface area contributed by atoms with Gasteiger partial charge in [0.25, 0.3) is 0 Å². The van der Waals surface area contributed by atoms with Crippen LogP contribution in [0.15, 0.2) is 45.6 Å². The lowest BCUT2D eigenvalue weighted by molar-refractivity contribution is 0.600. The monoisotopic (exact) mass is 508 g/mol. The topological polar surface area (TPSA) is 96.6 Å². The van der Waals surface area contributed by atoms with E-state index in [1.54, 1.807) is 6.07 Å². The van der Waals surface area contributed by atoms with Crippen molar-refractivity contribution in [3.63, 3.8) is 0 Å². The zero-order chi connectivity index (χ0) is 18.3. The van der Waals surface area contributed by atoms with Gasteiger partial charge in [0.05, 0.1) is 13.1 Å². The molecule has 0 fully saturated rings. The standard InChI is InChI=1S/C17H24N4O2S2.HI/c1-3-13-7-5-6-8-14(13)11-20-17(19-4-2)21-12-15-9-10-16(24-15)25(18,22)23;/h5-10H,3-4,11-12H2,1-2H3,(H2,18,22,23)(H2,19,20,21);1H. The Kier molecular flexibility index (Phi) is 9.55. The van der Waals surface area contributed by atoms with Crippen molar-refractivity contribution >= 4 is 51.3 Å². The van der Waals surface area contributed by atoms with Gasteiger partial charge in [-0.2, -0.15) is 0 Å². The van der Waals surface area contributed by atoms with E-state index in [0.29, 0.717) is 19.0 Å². The van der Waals surface area contributed by atoms with Crippen molar-refractivity contribution in [2.24, 2.45) is 10.1 Å². The number of hydrogen-bond donors (Lipinski definition) is 3.